The molecule has 1 aromatic heterocycles. The first kappa shape index (κ1) is 18.1. The summed E-state index contributed by atoms with van der Waals surface area (Å²) in [7, 11) is 0. The predicted molar refractivity (Wildman–Crippen MR) is 109 cm³/mol. The Kier molecular flexibility index (Phi) is 4.81. The van der Waals surface area contributed by atoms with E-state index in [1.54, 1.807) is 0 Å². The van der Waals surface area contributed by atoms with Gasteiger partial charge in [-0.15, -0.1) is 11.3 Å². The van der Waals surface area contributed by atoms with Gasteiger partial charge in [-0.25, -0.2) is 0 Å². The quantitative estimate of drug-likeness (QED) is 0.833. The Balaban J connectivity index is 1.17. The van der Waals surface area contributed by atoms with Crippen molar-refractivity contribution in [1.29, 1.82) is 0 Å². The van der Waals surface area contributed by atoms with Crippen molar-refractivity contribution in [3.63, 3.8) is 0 Å². The van der Waals surface area contributed by atoms with Gasteiger partial charge >= 0.3 is 0 Å². The van der Waals surface area contributed by atoms with Crippen molar-refractivity contribution >= 4 is 17.2 Å². The smallest absolute Gasteiger partial charge is 0.252 e. The maximum absolute atomic E-state index is 12.3. The summed E-state index contributed by atoms with van der Waals surface area (Å²) >= 11 is 1.91. The van der Waals surface area contributed by atoms with Crippen LogP contribution in [0.25, 0.3) is 0 Å². The molecule has 5 rings (SSSR count). The number of amides is 1. The Labute approximate surface area is 166 Å². The van der Waals surface area contributed by atoms with Gasteiger partial charge in [0.15, 0.2) is 0 Å². The molecule has 3 fully saturated rings. The molecule has 148 valence electrons. The van der Waals surface area contributed by atoms with Crippen molar-refractivity contribution in [2.45, 2.75) is 83.0 Å². The zero-order valence-corrected chi connectivity index (χ0v) is 17.4. The number of carbonyl (C=O) groups excluding carboxylic acids is 1. The van der Waals surface area contributed by atoms with E-state index >= 15 is 0 Å². The lowest BCUT2D eigenvalue weighted by atomic mass is 9.76. The van der Waals surface area contributed by atoms with Crippen molar-refractivity contribution in [2.75, 3.05) is 19.6 Å². The maximum atomic E-state index is 12.3. The van der Waals surface area contributed by atoms with Crippen LogP contribution in [-0.4, -0.2) is 48.7 Å². The Morgan fingerprint density at radius 3 is 2.52 bits per heavy atom. The fourth-order valence-corrected chi connectivity index (χ4v) is 6.84. The van der Waals surface area contributed by atoms with Crippen LogP contribution in [0.1, 0.15) is 77.0 Å². The van der Waals surface area contributed by atoms with Crippen LogP contribution < -0.4 is 5.32 Å². The summed E-state index contributed by atoms with van der Waals surface area (Å²) in [6.07, 6.45) is 9.99. The number of nitrogens with zero attached hydrogens (tertiary/aromatic N) is 1. The summed E-state index contributed by atoms with van der Waals surface area (Å²) < 4.78 is 6.02. The number of hydrogen-bond donors (Lipinski definition) is 1. The van der Waals surface area contributed by atoms with E-state index < -0.39 is 0 Å². The second-order valence-corrected chi connectivity index (χ2v) is 10.3. The van der Waals surface area contributed by atoms with Crippen LogP contribution in [0.3, 0.4) is 0 Å². The number of likely N-dealkylation sites (tertiary alicyclic amines) is 1. The third kappa shape index (κ3) is 3.47. The molecule has 0 aromatic carbocycles. The summed E-state index contributed by atoms with van der Waals surface area (Å²) in [5.74, 6) is 1.49. The molecular weight excluding hydrogens is 356 g/mol. The summed E-state index contributed by atoms with van der Waals surface area (Å²) in [6.45, 7) is 7.68. The summed E-state index contributed by atoms with van der Waals surface area (Å²) in [6, 6.07) is 0.774. The van der Waals surface area contributed by atoms with Crippen molar-refractivity contribution in [2.24, 2.45) is 5.92 Å². The molecule has 1 saturated heterocycles. The highest BCUT2D eigenvalue weighted by molar-refractivity contribution is 7.12. The van der Waals surface area contributed by atoms with E-state index in [4.69, 9.17) is 4.74 Å². The van der Waals surface area contributed by atoms with Crippen molar-refractivity contribution in [3.8, 4) is 0 Å². The highest BCUT2D eigenvalue weighted by atomic mass is 32.1. The van der Waals surface area contributed by atoms with E-state index in [0.717, 1.165) is 43.6 Å². The molecule has 1 amide bonds. The van der Waals surface area contributed by atoms with Gasteiger partial charge in [-0.3, -0.25) is 9.69 Å². The van der Waals surface area contributed by atoms with Crippen molar-refractivity contribution in [1.82, 2.24) is 10.2 Å². The molecule has 2 aliphatic heterocycles. The molecule has 3 heterocycles. The van der Waals surface area contributed by atoms with Gasteiger partial charge in [-0.05, 0) is 69.3 Å². The van der Waals surface area contributed by atoms with Gasteiger partial charge in [-0.2, -0.15) is 0 Å². The molecule has 2 aliphatic carbocycles. The maximum Gasteiger partial charge on any atom is 0.252 e. The van der Waals surface area contributed by atoms with Crippen LogP contribution in [0, 0.1) is 12.8 Å². The first-order chi connectivity index (χ1) is 13.1. The molecule has 0 radical (unpaired) electrons. The minimum absolute atomic E-state index is 0.146. The number of rotatable bonds is 5. The van der Waals surface area contributed by atoms with Crippen LogP contribution in [0.15, 0.2) is 0 Å². The number of fused-ring (bicyclic) bond motifs is 1. The average Bonchev–Trinajstić information content (AvgIpc) is 3.40. The fourth-order valence-electron chi connectivity index (χ4n) is 5.39. The SMILES string of the molecule is Cc1c([C@H](C)[C@H]2CC[C@H](N3CC(OC4CC4)C3)CC2)sc2c1C(=O)NCC2. The minimum Gasteiger partial charge on any atom is -0.372 e. The van der Waals surface area contributed by atoms with E-state index in [1.807, 2.05) is 11.3 Å². The van der Waals surface area contributed by atoms with Crippen LogP contribution in [0.4, 0.5) is 0 Å². The second kappa shape index (κ2) is 7.16. The number of nitrogens with one attached hydrogen (secondary N) is 1. The molecule has 0 spiro atoms. The molecular formula is C22H32N2O2S. The Bertz CT molecular complexity index is 712. The highest BCUT2D eigenvalue weighted by Gasteiger charge is 2.39. The molecule has 0 unspecified atom stereocenters. The molecule has 5 heteroatoms. The van der Waals surface area contributed by atoms with Crippen LogP contribution in [0.2, 0.25) is 0 Å². The third-order valence-corrected chi connectivity index (χ3v) is 8.84. The van der Waals surface area contributed by atoms with Gasteiger partial charge in [0, 0.05) is 35.4 Å². The van der Waals surface area contributed by atoms with Gasteiger partial charge in [0.2, 0.25) is 0 Å². The largest absolute Gasteiger partial charge is 0.372 e. The van der Waals surface area contributed by atoms with E-state index in [-0.39, 0.29) is 5.91 Å². The van der Waals surface area contributed by atoms with Gasteiger partial charge in [0.1, 0.15) is 0 Å². The fraction of sp³-hybridized carbons (Fsp3) is 0.773. The zero-order valence-electron chi connectivity index (χ0n) is 16.6. The van der Waals surface area contributed by atoms with Gasteiger partial charge in [-0.1, -0.05) is 6.92 Å². The summed E-state index contributed by atoms with van der Waals surface area (Å²) in [5, 5.41) is 3.01. The van der Waals surface area contributed by atoms with Crippen LogP contribution >= 0.6 is 11.3 Å². The van der Waals surface area contributed by atoms with Gasteiger partial charge < -0.3 is 10.1 Å². The lowest BCUT2D eigenvalue weighted by Gasteiger charge is -2.47. The van der Waals surface area contributed by atoms with E-state index in [9.17, 15) is 4.79 Å². The topological polar surface area (TPSA) is 41.6 Å². The van der Waals surface area contributed by atoms with E-state index in [1.165, 1.54) is 53.8 Å². The molecule has 27 heavy (non-hydrogen) atoms. The Hall–Kier alpha value is -0.910. The summed E-state index contributed by atoms with van der Waals surface area (Å²) in [5.41, 5.74) is 2.24. The van der Waals surface area contributed by atoms with Crippen LogP contribution in [0.5, 0.6) is 0 Å². The lowest BCUT2D eigenvalue weighted by molar-refractivity contribution is -0.0860. The van der Waals surface area contributed by atoms with E-state index in [2.05, 4.69) is 24.1 Å². The van der Waals surface area contributed by atoms with Crippen LogP contribution in [-0.2, 0) is 11.2 Å². The minimum atomic E-state index is 0.146. The molecule has 4 nitrogen and oxygen atoms in total. The van der Waals surface area contributed by atoms with Gasteiger partial charge in [0.05, 0.1) is 17.8 Å². The van der Waals surface area contributed by atoms with Gasteiger partial charge in [0.25, 0.3) is 5.91 Å². The van der Waals surface area contributed by atoms with Crippen molar-refractivity contribution in [3.05, 3.63) is 20.9 Å². The number of hydrogen-bond acceptors (Lipinski definition) is 4. The monoisotopic (exact) mass is 388 g/mol. The number of carbonyl (C=O) groups is 1. The molecule has 1 atom stereocenters. The van der Waals surface area contributed by atoms with Crippen molar-refractivity contribution < 1.29 is 9.53 Å². The highest BCUT2D eigenvalue weighted by Crippen LogP contribution is 2.43. The second-order valence-electron chi connectivity index (χ2n) is 9.16. The number of thiophene rings is 1. The first-order valence-electron chi connectivity index (χ1n) is 10.9. The standard InChI is InChI=1S/C22H32N2O2S/c1-13(21-14(2)20-19(27-21)9-10-23-22(20)25)15-3-5-16(6-4-15)24-11-18(12-24)26-17-7-8-17/h13,15-18H,3-12H2,1-2H3,(H,23,25)/t13-,15-,16-/m1/s1. The summed E-state index contributed by atoms with van der Waals surface area (Å²) in [4.78, 5) is 17.7. The molecule has 4 aliphatic rings. The predicted octanol–water partition coefficient (Wildman–Crippen LogP) is 3.87. The molecule has 1 aromatic rings. The average molecular weight is 389 g/mol. The zero-order chi connectivity index (χ0) is 18.5. The Morgan fingerprint density at radius 2 is 1.85 bits per heavy atom. The van der Waals surface area contributed by atoms with E-state index in [0.29, 0.717) is 18.1 Å². The molecule has 0 bridgehead atoms. The third-order valence-electron chi connectivity index (χ3n) is 7.29. The number of ether oxygens (including phenoxy) is 1. The molecule has 2 saturated carbocycles. The lowest BCUT2D eigenvalue weighted by Crippen LogP contribution is -2.57. The first-order valence-corrected chi connectivity index (χ1v) is 11.7. The Morgan fingerprint density at radius 1 is 1.11 bits per heavy atom. The molecule has 1 N–H and O–H groups in total. The normalized spacial score (nSPS) is 30.5.